The highest BCUT2D eigenvalue weighted by molar-refractivity contribution is 9.10. The molecule has 0 saturated carbocycles. The minimum Gasteiger partial charge on any atom is -0.326 e. The highest BCUT2D eigenvalue weighted by Gasteiger charge is 2.07. The average molecular weight is 422 g/mol. The van der Waals surface area contributed by atoms with Gasteiger partial charge in [-0.1, -0.05) is 40.2 Å². The summed E-state index contributed by atoms with van der Waals surface area (Å²) in [4.78, 5) is 12.2. The van der Waals surface area contributed by atoms with Crippen molar-refractivity contribution in [3.8, 4) is 11.3 Å². The number of halogens is 1. The topological polar surface area (TPSA) is 72.2 Å². The van der Waals surface area contributed by atoms with Crippen LogP contribution in [-0.4, -0.2) is 25.7 Å². The van der Waals surface area contributed by atoms with Crippen LogP contribution in [0.4, 0.5) is 5.69 Å². The Morgan fingerprint density at radius 3 is 2.67 bits per heavy atom. The van der Waals surface area contributed by atoms with Gasteiger partial charge in [-0.2, -0.15) is 9.61 Å². The molecule has 2 aromatic heterocycles. The Labute approximate surface area is 164 Å². The molecule has 4 rings (SSSR count). The van der Waals surface area contributed by atoms with Gasteiger partial charge in [0.15, 0.2) is 11.5 Å². The van der Waals surface area contributed by atoms with Crippen LogP contribution in [0, 0.1) is 6.92 Å². The van der Waals surface area contributed by atoms with Crippen molar-refractivity contribution in [1.29, 1.82) is 0 Å². The van der Waals surface area contributed by atoms with E-state index in [1.54, 1.807) is 4.52 Å². The zero-order valence-corrected chi connectivity index (χ0v) is 16.1. The van der Waals surface area contributed by atoms with Crippen LogP contribution >= 0.6 is 15.9 Å². The number of benzene rings is 2. The highest BCUT2D eigenvalue weighted by atomic mass is 79.9. The number of anilines is 1. The zero-order valence-electron chi connectivity index (χ0n) is 14.6. The van der Waals surface area contributed by atoms with Crippen molar-refractivity contribution < 1.29 is 4.79 Å². The van der Waals surface area contributed by atoms with Gasteiger partial charge in [0.25, 0.3) is 0 Å². The molecule has 0 aliphatic rings. The molecule has 7 heteroatoms. The number of amides is 1. The fraction of sp³-hybridized carbons (Fsp3) is 0.100. The summed E-state index contributed by atoms with van der Waals surface area (Å²) in [5, 5.41) is 15.5. The predicted molar refractivity (Wildman–Crippen MR) is 107 cm³/mol. The number of nitrogens with zero attached hydrogens (tertiary/aromatic N) is 4. The fourth-order valence-electron chi connectivity index (χ4n) is 2.81. The first-order valence-corrected chi connectivity index (χ1v) is 9.21. The number of fused-ring (bicyclic) bond motifs is 1. The summed E-state index contributed by atoms with van der Waals surface area (Å²) in [6, 6.07) is 19.1. The van der Waals surface area contributed by atoms with Gasteiger partial charge in [-0.15, -0.1) is 10.2 Å². The van der Waals surface area contributed by atoms with Crippen LogP contribution in [0.25, 0.3) is 16.9 Å². The zero-order chi connectivity index (χ0) is 18.8. The minimum absolute atomic E-state index is 0.0551. The molecule has 134 valence electrons. The first kappa shape index (κ1) is 17.4. The lowest BCUT2D eigenvalue weighted by molar-refractivity contribution is -0.115. The standard InChI is InChI=1S/C20H16BrN5O/c1-13-23-24-19-10-9-18(25-26(13)19)15-5-7-17(8-6-15)22-20(27)12-14-3-2-4-16(21)11-14/h2-11H,12H2,1H3,(H,22,27). The number of carbonyl (C=O) groups excluding carboxylic acids is 1. The van der Waals surface area contributed by atoms with Gasteiger partial charge in [-0.25, -0.2) is 0 Å². The second-order valence-corrected chi connectivity index (χ2v) is 7.08. The molecule has 0 unspecified atom stereocenters. The lowest BCUT2D eigenvalue weighted by Gasteiger charge is -2.07. The fourth-order valence-corrected chi connectivity index (χ4v) is 3.26. The van der Waals surface area contributed by atoms with Crippen LogP contribution in [0.15, 0.2) is 65.1 Å². The minimum atomic E-state index is -0.0551. The summed E-state index contributed by atoms with van der Waals surface area (Å²) in [7, 11) is 0. The van der Waals surface area contributed by atoms with Gasteiger partial charge >= 0.3 is 0 Å². The summed E-state index contributed by atoms with van der Waals surface area (Å²) in [6.45, 7) is 1.86. The number of carbonyl (C=O) groups is 1. The van der Waals surface area contributed by atoms with E-state index >= 15 is 0 Å². The molecule has 0 atom stereocenters. The lowest BCUT2D eigenvalue weighted by Crippen LogP contribution is -2.14. The molecule has 2 heterocycles. The van der Waals surface area contributed by atoms with E-state index in [0.717, 1.165) is 32.8 Å². The third kappa shape index (κ3) is 3.88. The number of aryl methyl sites for hydroxylation is 1. The molecule has 0 saturated heterocycles. The smallest absolute Gasteiger partial charge is 0.228 e. The molecule has 0 aliphatic heterocycles. The Kier molecular flexibility index (Phi) is 4.68. The molecule has 1 amide bonds. The maximum atomic E-state index is 12.2. The molecule has 0 fully saturated rings. The maximum absolute atomic E-state index is 12.2. The van der Waals surface area contributed by atoms with E-state index in [1.165, 1.54) is 0 Å². The SMILES string of the molecule is Cc1nnc2ccc(-c3ccc(NC(=O)Cc4cccc(Br)c4)cc3)nn12. The van der Waals surface area contributed by atoms with Gasteiger partial charge in [-0.3, -0.25) is 4.79 Å². The van der Waals surface area contributed by atoms with Gasteiger partial charge < -0.3 is 5.32 Å². The van der Waals surface area contributed by atoms with Crippen LogP contribution in [0.5, 0.6) is 0 Å². The summed E-state index contributed by atoms with van der Waals surface area (Å²) >= 11 is 3.42. The summed E-state index contributed by atoms with van der Waals surface area (Å²) in [6.07, 6.45) is 0.326. The van der Waals surface area contributed by atoms with E-state index in [-0.39, 0.29) is 5.91 Å². The van der Waals surface area contributed by atoms with E-state index in [1.807, 2.05) is 67.6 Å². The number of nitrogens with one attached hydrogen (secondary N) is 1. The number of rotatable bonds is 4. The van der Waals surface area contributed by atoms with Crippen molar-refractivity contribution in [2.45, 2.75) is 13.3 Å². The molecule has 1 N–H and O–H groups in total. The molecule has 27 heavy (non-hydrogen) atoms. The summed E-state index contributed by atoms with van der Waals surface area (Å²) in [5.74, 6) is 0.684. The third-order valence-electron chi connectivity index (χ3n) is 4.14. The van der Waals surface area contributed by atoms with Crippen molar-refractivity contribution in [2.24, 2.45) is 0 Å². The van der Waals surface area contributed by atoms with Crippen LogP contribution in [0.1, 0.15) is 11.4 Å². The van der Waals surface area contributed by atoms with E-state index < -0.39 is 0 Å². The quantitative estimate of drug-likeness (QED) is 0.539. The Bertz CT molecular complexity index is 1120. The molecule has 6 nitrogen and oxygen atoms in total. The Balaban J connectivity index is 1.48. The maximum Gasteiger partial charge on any atom is 0.228 e. The summed E-state index contributed by atoms with van der Waals surface area (Å²) in [5.41, 5.74) is 4.20. The number of hydrogen-bond acceptors (Lipinski definition) is 4. The van der Waals surface area contributed by atoms with Gasteiger partial charge in [0.1, 0.15) is 0 Å². The van der Waals surface area contributed by atoms with Crippen molar-refractivity contribution in [2.75, 3.05) is 5.32 Å². The van der Waals surface area contributed by atoms with Crippen LogP contribution in [0.2, 0.25) is 0 Å². The first-order valence-electron chi connectivity index (χ1n) is 8.42. The largest absolute Gasteiger partial charge is 0.326 e. The number of aromatic nitrogens is 4. The van der Waals surface area contributed by atoms with Crippen molar-refractivity contribution in [1.82, 2.24) is 19.8 Å². The van der Waals surface area contributed by atoms with Gasteiger partial charge in [0, 0.05) is 15.7 Å². The summed E-state index contributed by atoms with van der Waals surface area (Å²) < 4.78 is 2.67. The normalized spacial score (nSPS) is 10.9. The van der Waals surface area contributed by atoms with Crippen molar-refractivity contribution in [3.05, 3.63) is 76.5 Å². The van der Waals surface area contributed by atoms with Crippen LogP contribution in [0.3, 0.4) is 0 Å². The van der Waals surface area contributed by atoms with Crippen LogP contribution < -0.4 is 5.32 Å². The van der Waals surface area contributed by atoms with Crippen LogP contribution in [-0.2, 0) is 11.2 Å². The monoisotopic (exact) mass is 421 g/mol. The van der Waals surface area contributed by atoms with Crippen molar-refractivity contribution in [3.63, 3.8) is 0 Å². The lowest BCUT2D eigenvalue weighted by atomic mass is 10.1. The number of hydrogen-bond donors (Lipinski definition) is 1. The van der Waals surface area contributed by atoms with Crippen molar-refractivity contribution >= 4 is 33.2 Å². The Hall–Kier alpha value is -3.06. The highest BCUT2D eigenvalue weighted by Crippen LogP contribution is 2.20. The van der Waals surface area contributed by atoms with E-state index in [4.69, 9.17) is 0 Å². The average Bonchev–Trinajstić information content (AvgIpc) is 3.03. The second-order valence-electron chi connectivity index (χ2n) is 6.17. The first-order chi connectivity index (χ1) is 13.1. The van der Waals surface area contributed by atoms with Gasteiger partial charge in [0.2, 0.25) is 5.91 Å². The molecular formula is C20H16BrN5O. The van der Waals surface area contributed by atoms with Gasteiger partial charge in [0.05, 0.1) is 12.1 Å². The molecule has 0 spiro atoms. The Morgan fingerprint density at radius 2 is 1.89 bits per heavy atom. The molecule has 2 aromatic carbocycles. The third-order valence-corrected chi connectivity index (χ3v) is 4.63. The van der Waals surface area contributed by atoms with E-state index in [9.17, 15) is 4.79 Å². The molecule has 0 aliphatic carbocycles. The van der Waals surface area contributed by atoms with E-state index in [0.29, 0.717) is 12.1 Å². The molecular weight excluding hydrogens is 406 g/mol. The van der Waals surface area contributed by atoms with E-state index in [2.05, 4.69) is 36.5 Å². The molecule has 4 aromatic rings. The predicted octanol–water partition coefficient (Wildman–Crippen LogP) is 4.04. The molecule has 0 bridgehead atoms. The Morgan fingerprint density at radius 1 is 1.07 bits per heavy atom. The van der Waals surface area contributed by atoms with Gasteiger partial charge in [-0.05, 0) is 48.9 Å². The second kappa shape index (κ2) is 7.28. The molecule has 0 radical (unpaired) electrons.